The van der Waals surface area contributed by atoms with Crippen LogP contribution in [-0.2, 0) is 4.79 Å². The van der Waals surface area contributed by atoms with Crippen LogP contribution >= 0.6 is 0 Å². The van der Waals surface area contributed by atoms with E-state index in [4.69, 9.17) is 4.74 Å². The lowest BCUT2D eigenvalue weighted by Crippen LogP contribution is -2.43. The van der Waals surface area contributed by atoms with E-state index >= 15 is 0 Å². The molecule has 7 nitrogen and oxygen atoms in total. The number of nitrogens with zero attached hydrogens (tertiary/aromatic N) is 3. The van der Waals surface area contributed by atoms with Crippen molar-refractivity contribution < 1.29 is 14.3 Å². The van der Waals surface area contributed by atoms with Gasteiger partial charge in [0.05, 0.1) is 5.69 Å². The quantitative estimate of drug-likeness (QED) is 0.666. The molecule has 1 aromatic carbocycles. The van der Waals surface area contributed by atoms with Crippen molar-refractivity contribution in [1.29, 1.82) is 0 Å². The summed E-state index contributed by atoms with van der Waals surface area (Å²) >= 11 is 0. The fourth-order valence-electron chi connectivity index (χ4n) is 4.60. The second-order valence-electron chi connectivity index (χ2n) is 8.62. The summed E-state index contributed by atoms with van der Waals surface area (Å²) < 4.78 is 5.92. The highest BCUT2D eigenvalue weighted by Crippen LogP contribution is 2.38. The van der Waals surface area contributed by atoms with Crippen molar-refractivity contribution in [3.63, 3.8) is 0 Å². The number of carbonyl (C=O) groups is 2. The third-order valence-electron chi connectivity index (χ3n) is 6.32. The number of nitrogens with one attached hydrogen (secondary N) is 1. The zero-order chi connectivity index (χ0) is 22.5. The van der Waals surface area contributed by atoms with E-state index in [1.54, 1.807) is 18.3 Å². The van der Waals surface area contributed by atoms with Crippen LogP contribution in [0.5, 0.6) is 11.6 Å². The van der Waals surface area contributed by atoms with Crippen molar-refractivity contribution >= 4 is 17.5 Å². The summed E-state index contributed by atoms with van der Waals surface area (Å²) in [5.74, 6) is 0.318. The second-order valence-corrected chi connectivity index (χ2v) is 8.62. The molecule has 0 unspecified atom stereocenters. The van der Waals surface area contributed by atoms with Crippen LogP contribution in [0.15, 0.2) is 36.5 Å². The topological polar surface area (TPSA) is 74.8 Å². The monoisotopic (exact) mass is 436 g/mol. The molecule has 2 aromatic rings. The maximum Gasteiger partial charge on any atom is 0.264 e. The van der Waals surface area contributed by atoms with E-state index in [2.05, 4.69) is 22.1 Å². The van der Waals surface area contributed by atoms with Crippen LogP contribution in [0.2, 0.25) is 0 Å². The molecule has 2 aliphatic heterocycles. The number of piperidine rings is 1. The Morgan fingerprint density at radius 2 is 2.16 bits per heavy atom. The average Bonchev–Trinajstić information content (AvgIpc) is 2.92. The molecule has 0 aliphatic carbocycles. The third-order valence-corrected chi connectivity index (χ3v) is 6.32. The Morgan fingerprint density at radius 3 is 3.00 bits per heavy atom. The van der Waals surface area contributed by atoms with E-state index in [1.807, 2.05) is 25.1 Å². The molecule has 3 heterocycles. The highest BCUT2D eigenvalue weighted by Gasteiger charge is 2.30. The van der Waals surface area contributed by atoms with Gasteiger partial charge in [0.2, 0.25) is 11.8 Å². The molecule has 7 heteroatoms. The Hall–Kier alpha value is -2.93. The molecule has 1 atom stereocenters. The SMILES string of the molecule is CC[C@H]1CCCCN1CCCNC(=O)CN1C(=O)c2cccnc2Oc2ccc(C)cc21. The van der Waals surface area contributed by atoms with Crippen LogP contribution < -0.4 is 15.0 Å². The smallest absolute Gasteiger partial charge is 0.264 e. The van der Waals surface area contributed by atoms with Crippen LogP contribution in [0.1, 0.15) is 54.9 Å². The number of hydrogen-bond donors (Lipinski definition) is 1. The normalized spacial score (nSPS) is 18.4. The Morgan fingerprint density at radius 1 is 1.28 bits per heavy atom. The number of likely N-dealkylation sites (tertiary alicyclic amines) is 1. The maximum atomic E-state index is 13.3. The predicted octanol–water partition coefficient (Wildman–Crippen LogP) is 3.91. The van der Waals surface area contributed by atoms with Crippen molar-refractivity contribution in [2.24, 2.45) is 0 Å². The third kappa shape index (κ3) is 4.93. The molecule has 2 amide bonds. The van der Waals surface area contributed by atoms with Crippen molar-refractivity contribution in [2.45, 2.75) is 52.0 Å². The number of aromatic nitrogens is 1. The zero-order valence-corrected chi connectivity index (χ0v) is 19.0. The predicted molar refractivity (Wildman–Crippen MR) is 124 cm³/mol. The standard InChI is InChI=1S/C25H32N4O3/c1-3-19-8-4-5-14-28(19)15-7-13-26-23(30)17-29-21-16-18(2)10-11-22(21)32-24-20(25(29)31)9-6-12-27-24/h6,9-12,16,19H,3-5,7-8,13-15,17H2,1-2H3,(H,26,30)/t19-/m0/s1. The first-order valence-corrected chi connectivity index (χ1v) is 11.6. The highest BCUT2D eigenvalue weighted by atomic mass is 16.5. The maximum absolute atomic E-state index is 13.3. The largest absolute Gasteiger partial charge is 0.436 e. The summed E-state index contributed by atoms with van der Waals surface area (Å²) in [4.78, 5) is 34.3. The summed E-state index contributed by atoms with van der Waals surface area (Å²) in [6.07, 6.45) is 7.53. The molecule has 1 N–H and O–H groups in total. The molecule has 0 radical (unpaired) electrons. The number of aryl methyl sites for hydroxylation is 1. The van der Waals surface area contributed by atoms with Crippen LogP contribution in [-0.4, -0.2) is 53.9 Å². The number of ether oxygens (including phenoxy) is 1. The molecule has 2 aliphatic rings. The van der Waals surface area contributed by atoms with Gasteiger partial charge in [0.1, 0.15) is 12.1 Å². The number of rotatable bonds is 7. The molecule has 0 saturated carbocycles. The van der Waals surface area contributed by atoms with Crippen LogP contribution in [0.4, 0.5) is 5.69 Å². The Bertz CT molecular complexity index is 977. The first kappa shape index (κ1) is 22.3. The van der Waals surface area contributed by atoms with Crippen molar-refractivity contribution in [3.05, 3.63) is 47.7 Å². The minimum Gasteiger partial charge on any atom is -0.436 e. The Kier molecular flexibility index (Phi) is 7.05. The number of hydrogen-bond acceptors (Lipinski definition) is 5. The summed E-state index contributed by atoms with van der Waals surface area (Å²) in [5, 5.41) is 3.00. The average molecular weight is 437 g/mol. The summed E-state index contributed by atoms with van der Waals surface area (Å²) in [7, 11) is 0. The summed E-state index contributed by atoms with van der Waals surface area (Å²) in [6.45, 7) is 6.88. The van der Waals surface area contributed by atoms with E-state index in [-0.39, 0.29) is 24.2 Å². The molecule has 0 bridgehead atoms. The number of carbonyl (C=O) groups excluding carboxylic acids is 2. The van der Waals surface area contributed by atoms with Crippen LogP contribution in [0, 0.1) is 6.92 Å². The van der Waals surface area contributed by atoms with E-state index in [0.29, 0.717) is 29.6 Å². The molecular weight excluding hydrogens is 404 g/mol. The number of benzene rings is 1. The summed E-state index contributed by atoms with van der Waals surface area (Å²) in [5.41, 5.74) is 1.92. The molecule has 1 saturated heterocycles. The van der Waals surface area contributed by atoms with Gasteiger partial charge in [-0.05, 0) is 69.0 Å². The fraction of sp³-hybridized carbons (Fsp3) is 0.480. The minimum atomic E-state index is -0.285. The van der Waals surface area contributed by atoms with Crippen molar-refractivity contribution in [3.8, 4) is 11.6 Å². The Labute approximate surface area is 189 Å². The fourth-order valence-corrected chi connectivity index (χ4v) is 4.60. The number of amides is 2. The highest BCUT2D eigenvalue weighted by molar-refractivity contribution is 6.11. The minimum absolute atomic E-state index is 0.0612. The molecule has 1 aromatic heterocycles. The first-order valence-electron chi connectivity index (χ1n) is 11.6. The van der Waals surface area contributed by atoms with Crippen LogP contribution in [0.3, 0.4) is 0 Å². The molecule has 32 heavy (non-hydrogen) atoms. The van der Waals surface area contributed by atoms with Gasteiger partial charge in [0, 0.05) is 25.3 Å². The van der Waals surface area contributed by atoms with Gasteiger partial charge in [-0.25, -0.2) is 4.98 Å². The number of anilines is 1. The number of fused-ring (bicyclic) bond motifs is 2. The van der Waals surface area contributed by atoms with Crippen molar-refractivity contribution in [1.82, 2.24) is 15.2 Å². The van der Waals surface area contributed by atoms with E-state index in [1.165, 1.54) is 30.6 Å². The molecule has 170 valence electrons. The molecule has 1 fully saturated rings. The van der Waals surface area contributed by atoms with Gasteiger partial charge < -0.3 is 15.0 Å². The van der Waals surface area contributed by atoms with Gasteiger partial charge in [-0.1, -0.05) is 19.4 Å². The van der Waals surface area contributed by atoms with Gasteiger partial charge in [-0.15, -0.1) is 0 Å². The molecule has 4 rings (SSSR count). The molecule has 0 spiro atoms. The lowest BCUT2D eigenvalue weighted by atomic mass is 10.00. The lowest BCUT2D eigenvalue weighted by molar-refractivity contribution is -0.119. The van der Waals surface area contributed by atoms with Gasteiger partial charge in [-0.3, -0.25) is 14.5 Å². The van der Waals surface area contributed by atoms with Crippen LogP contribution in [0.25, 0.3) is 0 Å². The zero-order valence-electron chi connectivity index (χ0n) is 19.0. The number of pyridine rings is 1. The lowest BCUT2D eigenvalue weighted by Gasteiger charge is -2.35. The first-order chi connectivity index (χ1) is 15.6. The van der Waals surface area contributed by atoms with Gasteiger partial charge in [-0.2, -0.15) is 0 Å². The van der Waals surface area contributed by atoms with E-state index < -0.39 is 0 Å². The van der Waals surface area contributed by atoms with Gasteiger partial charge in [0.25, 0.3) is 5.91 Å². The summed E-state index contributed by atoms with van der Waals surface area (Å²) in [6, 6.07) is 9.64. The van der Waals surface area contributed by atoms with E-state index in [0.717, 1.165) is 25.1 Å². The van der Waals surface area contributed by atoms with E-state index in [9.17, 15) is 9.59 Å². The molecular formula is C25H32N4O3. The second kappa shape index (κ2) is 10.1. The van der Waals surface area contributed by atoms with Gasteiger partial charge in [0.15, 0.2) is 5.75 Å². The van der Waals surface area contributed by atoms with Crippen molar-refractivity contribution in [2.75, 3.05) is 31.1 Å². The Balaban J connectivity index is 1.40. The van der Waals surface area contributed by atoms with Gasteiger partial charge >= 0.3 is 0 Å².